The van der Waals surface area contributed by atoms with E-state index in [0.717, 1.165) is 11.1 Å². The predicted octanol–water partition coefficient (Wildman–Crippen LogP) is 5.58. The molecule has 3 aromatic carbocycles. The van der Waals surface area contributed by atoms with Crippen molar-refractivity contribution in [3.8, 4) is 28.2 Å². The van der Waals surface area contributed by atoms with Gasteiger partial charge in [0.2, 0.25) is 0 Å². The van der Waals surface area contributed by atoms with Gasteiger partial charge in [0, 0.05) is 12.5 Å². The van der Waals surface area contributed by atoms with Gasteiger partial charge in [-0.2, -0.15) is 0 Å². The second-order valence-electron chi connectivity index (χ2n) is 7.35. The minimum atomic E-state index is -0.598. The van der Waals surface area contributed by atoms with E-state index in [-0.39, 0.29) is 22.6 Å². The smallest absolute Gasteiger partial charge is 0.339 e. The van der Waals surface area contributed by atoms with Gasteiger partial charge < -0.3 is 19.2 Å². The Morgan fingerprint density at radius 1 is 0.794 bits per heavy atom. The van der Waals surface area contributed by atoms with Crippen LogP contribution in [0.5, 0.6) is 5.75 Å². The maximum absolute atomic E-state index is 13.4. The summed E-state index contributed by atoms with van der Waals surface area (Å²) in [5.41, 5.74) is 2.88. The molecule has 0 spiro atoms. The number of furan rings is 1. The van der Waals surface area contributed by atoms with Gasteiger partial charge in [0.15, 0.2) is 0 Å². The number of methoxy groups -OCH3 is 1. The predicted molar refractivity (Wildman–Crippen MR) is 127 cm³/mol. The largest absolute Gasteiger partial charge is 0.465 e. The summed E-state index contributed by atoms with van der Waals surface area (Å²) in [6.07, 6.45) is 1.52. The summed E-state index contributed by atoms with van der Waals surface area (Å²) >= 11 is 0. The molecule has 170 valence electrons. The van der Waals surface area contributed by atoms with E-state index in [1.54, 1.807) is 42.5 Å². The number of hydrogen-bond donors (Lipinski definition) is 1. The van der Waals surface area contributed by atoms with Crippen LogP contribution in [0.15, 0.2) is 89.5 Å². The van der Waals surface area contributed by atoms with Crippen LogP contribution in [0.3, 0.4) is 0 Å². The zero-order valence-electron chi connectivity index (χ0n) is 18.5. The van der Waals surface area contributed by atoms with Gasteiger partial charge >= 0.3 is 11.9 Å². The molecule has 0 bridgehead atoms. The molecule has 7 nitrogen and oxygen atoms in total. The number of amides is 1. The summed E-state index contributed by atoms with van der Waals surface area (Å²) in [5.74, 6) is -1.11. The summed E-state index contributed by atoms with van der Waals surface area (Å²) in [5, 5.41) is 2.78. The third-order valence-electron chi connectivity index (χ3n) is 5.06. The number of benzene rings is 3. The van der Waals surface area contributed by atoms with Crippen molar-refractivity contribution in [1.29, 1.82) is 0 Å². The number of carbonyl (C=O) groups excluding carboxylic acids is 3. The number of carbonyl (C=O) groups is 3. The van der Waals surface area contributed by atoms with E-state index in [1.807, 2.05) is 30.3 Å². The molecule has 4 rings (SSSR count). The first-order valence-corrected chi connectivity index (χ1v) is 10.4. The Balaban J connectivity index is 1.76. The molecule has 0 radical (unpaired) electrons. The molecule has 1 amide bonds. The Morgan fingerprint density at radius 3 is 2.24 bits per heavy atom. The van der Waals surface area contributed by atoms with E-state index >= 15 is 0 Å². The molecule has 4 aromatic rings. The lowest BCUT2D eigenvalue weighted by Gasteiger charge is -2.14. The highest BCUT2D eigenvalue weighted by Crippen LogP contribution is 2.30. The molecule has 0 atom stereocenters. The third-order valence-corrected chi connectivity index (χ3v) is 5.06. The Labute approximate surface area is 195 Å². The number of nitrogens with one attached hydrogen (secondary N) is 1. The fourth-order valence-electron chi connectivity index (χ4n) is 3.48. The van der Waals surface area contributed by atoms with Gasteiger partial charge in [-0.25, -0.2) is 4.79 Å². The Kier molecular flexibility index (Phi) is 6.54. The van der Waals surface area contributed by atoms with E-state index in [4.69, 9.17) is 13.9 Å². The minimum absolute atomic E-state index is 0.0825. The number of hydrogen-bond acceptors (Lipinski definition) is 6. The van der Waals surface area contributed by atoms with Gasteiger partial charge in [-0.15, -0.1) is 0 Å². The highest BCUT2D eigenvalue weighted by molar-refractivity contribution is 6.10. The van der Waals surface area contributed by atoms with E-state index in [2.05, 4.69) is 5.32 Å². The normalized spacial score (nSPS) is 10.4. The summed E-state index contributed by atoms with van der Waals surface area (Å²) in [4.78, 5) is 37.3. The molecule has 1 heterocycles. The van der Waals surface area contributed by atoms with Crippen molar-refractivity contribution in [1.82, 2.24) is 0 Å². The zero-order chi connectivity index (χ0) is 24.1. The minimum Gasteiger partial charge on any atom is -0.465 e. The van der Waals surface area contributed by atoms with Crippen LogP contribution in [-0.4, -0.2) is 25.0 Å². The average molecular weight is 455 g/mol. The molecule has 0 aliphatic rings. The summed E-state index contributed by atoms with van der Waals surface area (Å²) in [6.45, 7) is 1.25. The van der Waals surface area contributed by atoms with Gasteiger partial charge in [0.1, 0.15) is 11.5 Å². The number of rotatable bonds is 6. The molecule has 1 aromatic heterocycles. The number of anilines is 1. The maximum Gasteiger partial charge on any atom is 0.339 e. The second-order valence-corrected chi connectivity index (χ2v) is 7.35. The number of ether oxygens (including phenoxy) is 2. The lowest BCUT2D eigenvalue weighted by Crippen LogP contribution is -2.17. The van der Waals surface area contributed by atoms with Crippen LogP contribution in [0.2, 0.25) is 0 Å². The van der Waals surface area contributed by atoms with Crippen molar-refractivity contribution in [3.63, 3.8) is 0 Å². The SMILES string of the molecule is COC(=O)c1ccc(-c2ccccc2)cc1NC(=O)c1cc(-c2ccco2)ccc1OC(C)=O. The molecule has 0 unspecified atom stereocenters. The number of esters is 2. The van der Waals surface area contributed by atoms with Crippen LogP contribution in [0, 0.1) is 0 Å². The summed E-state index contributed by atoms with van der Waals surface area (Å²) in [7, 11) is 1.27. The van der Waals surface area contributed by atoms with E-state index < -0.39 is 17.8 Å². The topological polar surface area (TPSA) is 94.8 Å². The van der Waals surface area contributed by atoms with Gasteiger partial charge in [0.25, 0.3) is 5.91 Å². The summed E-state index contributed by atoms with van der Waals surface area (Å²) in [6, 6.07) is 22.8. The first kappa shape index (κ1) is 22.5. The highest BCUT2D eigenvalue weighted by atomic mass is 16.5. The van der Waals surface area contributed by atoms with Crippen molar-refractivity contribution in [2.75, 3.05) is 12.4 Å². The molecule has 0 fully saturated rings. The Morgan fingerprint density at radius 2 is 1.56 bits per heavy atom. The molecule has 0 aliphatic carbocycles. The lowest BCUT2D eigenvalue weighted by atomic mass is 10.0. The molecular weight excluding hydrogens is 434 g/mol. The van der Waals surface area contributed by atoms with Gasteiger partial charge in [-0.1, -0.05) is 36.4 Å². The Hall–Kier alpha value is -4.65. The third kappa shape index (κ3) is 4.88. The molecule has 0 saturated heterocycles. The monoisotopic (exact) mass is 455 g/mol. The van der Waals surface area contributed by atoms with E-state index in [0.29, 0.717) is 11.3 Å². The second kappa shape index (κ2) is 9.87. The van der Waals surface area contributed by atoms with Crippen LogP contribution in [0.25, 0.3) is 22.5 Å². The molecule has 1 N–H and O–H groups in total. The fraction of sp³-hybridized carbons (Fsp3) is 0.0741. The Bertz CT molecular complexity index is 1340. The highest BCUT2D eigenvalue weighted by Gasteiger charge is 2.20. The van der Waals surface area contributed by atoms with Crippen molar-refractivity contribution >= 4 is 23.5 Å². The molecule has 7 heteroatoms. The van der Waals surface area contributed by atoms with E-state index in [1.165, 1.54) is 26.4 Å². The maximum atomic E-state index is 13.4. The van der Waals surface area contributed by atoms with Crippen LogP contribution in [0.1, 0.15) is 27.6 Å². The van der Waals surface area contributed by atoms with Crippen LogP contribution in [-0.2, 0) is 9.53 Å². The standard InChI is InChI=1S/C27H21NO6/c1-17(29)34-25-13-11-20(24-9-6-14-33-24)15-22(25)26(30)28-23-16-19(18-7-4-3-5-8-18)10-12-21(23)27(31)32-2/h3-16H,1-2H3,(H,28,30). The summed E-state index contributed by atoms with van der Waals surface area (Å²) < 4.78 is 15.6. The van der Waals surface area contributed by atoms with Crippen LogP contribution < -0.4 is 10.1 Å². The quantitative estimate of drug-likeness (QED) is 0.301. The average Bonchev–Trinajstić information content (AvgIpc) is 3.39. The van der Waals surface area contributed by atoms with Crippen LogP contribution >= 0.6 is 0 Å². The van der Waals surface area contributed by atoms with Crippen molar-refractivity contribution in [2.45, 2.75) is 6.92 Å². The van der Waals surface area contributed by atoms with Crippen molar-refractivity contribution in [3.05, 3.63) is 96.3 Å². The molecular formula is C27H21NO6. The zero-order valence-corrected chi connectivity index (χ0v) is 18.5. The van der Waals surface area contributed by atoms with Gasteiger partial charge in [0.05, 0.1) is 30.2 Å². The van der Waals surface area contributed by atoms with Crippen molar-refractivity contribution < 1.29 is 28.3 Å². The van der Waals surface area contributed by atoms with E-state index in [9.17, 15) is 14.4 Å². The van der Waals surface area contributed by atoms with Crippen LogP contribution in [0.4, 0.5) is 5.69 Å². The molecule has 34 heavy (non-hydrogen) atoms. The van der Waals surface area contributed by atoms with Crippen molar-refractivity contribution in [2.24, 2.45) is 0 Å². The first-order valence-electron chi connectivity index (χ1n) is 10.4. The lowest BCUT2D eigenvalue weighted by molar-refractivity contribution is -0.131. The first-order chi connectivity index (χ1) is 16.5. The van der Waals surface area contributed by atoms with Gasteiger partial charge in [-0.3, -0.25) is 9.59 Å². The molecule has 0 saturated carbocycles. The molecule has 0 aliphatic heterocycles. The fourth-order valence-corrected chi connectivity index (χ4v) is 3.48. The van der Waals surface area contributed by atoms with Gasteiger partial charge in [-0.05, 0) is 53.6 Å².